The molecular weight excluding hydrogens is 322 g/mol. The second-order valence-corrected chi connectivity index (χ2v) is 5.44. The van der Waals surface area contributed by atoms with Crippen molar-refractivity contribution in [2.24, 2.45) is 0 Å². The Morgan fingerprint density at radius 1 is 1.25 bits per heavy atom. The molecule has 1 aliphatic rings. The van der Waals surface area contributed by atoms with Crippen LogP contribution >= 0.6 is 15.9 Å². The summed E-state index contributed by atoms with van der Waals surface area (Å²) >= 11 is 3.53. The van der Waals surface area contributed by atoms with Gasteiger partial charge in [-0.05, 0) is 35.8 Å². The summed E-state index contributed by atoms with van der Waals surface area (Å²) < 4.78 is 6.24. The number of nitrogens with zero attached hydrogens (tertiary/aromatic N) is 3. The van der Waals surface area contributed by atoms with Gasteiger partial charge in [-0.15, -0.1) is 0 Å². The van der Waals surface area contributed by atoms with Crippen LogP contribution in [-0.2, 0) is 4.74 Å². The van der Waals surface area contributed by atoms with Gasteiger partial charge in [-0.1, -0.05) is 0 Å². The number of ether oxygens (including phenoxy) is 1. The fourth-order valence-electron chi connectivity index (χ4n) is 2.12. The minimum atomic E-state index is 0.832. The molecule has 6 nitrogen and oxygen atoms in total. The number of hydrogen-bond acceptors (Lipinski definition) is 6. The van der Waals surface area contributed by atoms with E-state index in [4.69, 9.17) is 4.74 Å². The lowest BCUT2D eigenvalue weighted by Crippen LogP contribution is -2.37. The van der Waals surface area contributed by atoms with Crippen molar-refractivity contribution in [3.63, 3.8) is 0 Å². The molecular formula is C13H22BrN5O. The van der Waals surface area contributed by atoms with Gasteiger partial charge in [0.15, 0.2) is 0 Å². The molecule has 0 amide bonds. The fraction of sp³-hybridized carbons (Fsp3) is 0.692. The van der Waals surface area contributed by atoms with Crippen molar-refractivity contribution >= 4 is 27.6 Å². The molecule has 0 unspecified atom stereocenters. The Labute approximate surface area is 128 Å². The molecule has 7 heteroatoms. The molecule has 0 bridgehead atoms. The first-order chi connectivity index (χ1) is 9.81. The average Bonchev–Trinajstić information content (AvgIpc) is 2.48. The summed E-state index contributed by atoms with van der Waals surface area (Å²) in [5, 5.41) is 6.55. The SMILES string of the molecule is CCNc1ncnc(NCCCN2CCOCC2)c1Br. The van der Waals surface area contributed by atoms with Crippen LogP contribution in [0.1, 0.15) is 13.3 Å². The van der Waals surface area contributed by atoms with Crippen LogP contribution < -0.4 is 10.6 Å². The lowest BCUT2D eigenvalue weighted by molar-refractivity contribution is 0.0378. The summed E-state index contributed by atoms with van der Waals surface area (Å²) in [5.41, 5.74) is 0. The maximum atomic E-state index is 5.34. The molecule has 0 radical (unpaired) electrons. The summed E-state index contributed by atoms with van der Waals surface area (Å²) in [6.45, 7) is 8.69. The van der Waals surface area contributed by atoms with E-state index in [0.29, 0.717) is 0 Å². The number of halogens is 1. The van der Waals surface area contributed by atoms with E-state index in [1.807, 2.05) is 6.92 Å². The van der Waals surface area contributed by atoms with Crippen molar-refractivity contribution in [1.82, 2.24) is 14.9 Å². The molecule has 2 rings (SSSR count). The quantitative estimate of drug-likeness (QED) is 0.736. The van der Waals surface area contributed by atoms with Crippen LogP contribution in [0.4, 0.5) is 11.6 Å². The zero-order valence-corrected chi connectivity index (χ0v) is 13.4. The average molecular weight is 344 g/mol. The van der Waals surface area contributed by atoms with E-state index in [0.717, 1.165) is 68.5 Å². The summed E-state index contributed by atoms with van der Waals surface area (Å²) in [4.78, 5) is 10.9. The Kier molecular flexibility index (Phi) is 6.49. The van der Waals surface area contributed by atoms with E-state index in [9.17, 15) is 0 Å². The maximum absolute atomic E-state index is 5.34. The van der Waals surface area contributed by atoms with Gasteiger partial charge in [0.05, 0.1) is 13.2 Å². The smallest absolute Gasteiger partial charge is 0.145 e. The molecule has 1 aromatic rings. The highest BCUT2D eigenvalue weighted by molar-refractivity contribution is 9.10. The van der Waals surface area contributed by atoms with Crippen molar-refractivity contribution < 1.29 is 4.74 Å². The number of hydrogen-bond donors (Lipinski definition) is 2. The zero-order chi connectivity index (χ0) is 14.2. The van der Waals surface area contributed by atoms with Crippen LogP contribution in [0.15, 0.2) is 10.8 Å². The van der Waals surface area contributed by atoms with Gasteiger partial charge in [-0.25, -0.2) is 9.97 Å². The molecule has 1 fully saturated rings. The Morgan fingerprint density at radius 2 is 1.95 bits per heavy atom. The topological polar surface area (TPSA) is 62.3 Å². The number of rotatable bonds is 7. The van der Waals surface area contributed by atoms with E-state index >= 15 is 0 Å². The molecule has 0 atom stereocenters. The van der Waals surface area contributed by atoms with Gasteiger partial charge in [0.2, 0.25) is 0 Å². The maximum Gasteiger partial charge on any atom is 0.145 e. The van der Waals surface area contributed by atoms with Gasteiger partial charge in [0.1, 0.15) is 22.4 Å². The summed E-state index contributed by atoms with van der Waals surface area (Å²) in [6, 6.07) is 0. The second-order valence-electron chi connectivity index (χ2n) is 4.65. The standard InChI is InChI=1S/C13H22BrN5O/c1-2-15-12-11(14)13(18-10-17-12)16-4-3-5-19-6-8-20-9-7-19/h10H,2-9H2,1H3,(H2,15,16,17,18). The van der Waals surface area contributed by atoms with Gasteiger partial charge < -0.3 is 15.4 Å². The van der Waals surface area contributed by atoms with Crippen LogP contribution in [0.2, 0.25) is 0 Å². The van der Waals surface area contributed by atoms with E-state index in [1.165, 1.54) is 0 Å². The van der Waals surface area contributed by atoms with Crippen LogP contribution in [0.3, 0.4) is 0 Å². The van der Waals surface area contributed by atoms with Gasteiger partial charge in [0, 0.05) is 26.2 Å². The van der Waals surface area contributed by atoms with Gasteiger partial charge >= 0.3 is 0 Å². The van der Waals surface area contributed by atoms with Crippen molar-refractivity contribution in [1.29, 1.82) is 0 Å². The largest absolute Gasteiger partial charge is 0.379 e. The van der Waals surface area contributed by atoms with Crippen LogP contribution in [0.25, 0.3) is 0 Å². The Morgan fingerprint density at radius 3 is 2.65 bits per heavy atom. The fourth-order valence-corrected chi connectivity index (χ4v) is 2.60. The predicted molar refractivity (Wildman–Crippen MR) is 84.3 cm³/mol. The predicted octanol–water partition coefficient (Wildman–Crippen LogP) is 1.81. The third-order valence-corrected chi connectivity index (χ3v) is 3.93. The van der Waals surface area contributed by atoms with Crippen molar-refractivity contribution in [2.45, 2.75) is 13.3 Å². The summed E-state index contributed by atoms with van der Waals surface area (Å²) in [6.07, 6.45) is 2.67. The molecule has 2 N–H and O–H groups in total. The van der Waals surface area contributed by atoms with E-state index in [-0.39, 0.29) is 0 Å². The molecule has 0 aromatic carbocycles. The number of aromatic nitrogens is 2. The number of morpholine rings is 1. The van der Waals surface area contributed by atoms with E-state index < -0.39 is 0 Å². The summed E-state index contributed by atoms with van der Waals surface area (Å²) in [5.74, 6) is 1.68. The second kappa shape index (κ2) is 8.39. The van der Waals surface area contributed by atoms with Crippen LogP contribution in [0, 0.1) is 0 Å². The third kappa shape index (κ3) is 4.57. The molecule has 20 heavy (non-hydrogen) atoms. The molecule has 0 aliphatic carbocycles. The van der Waals surface area contributed by atoms with Gasteiger partial charge in [-0.3, -0.25) is 4.90 Å². The first-order valence-electron chi connectivity index (χ1n) is 7.09. The summed E-state index contributed by atoms with van der Waals surface area (Å²) in [7, 11) is 0. The Hall–Kier alpha value is -0.920. The highest BCUT2D eigenvalue weighted by Gasteiger charge is 2.10. The first kappa shape index (κ1) is 15.5. The molecule has 112 valence electrons. The Balaban J connectivity index is 1.74. The first-order valence-corrected chi connectivity index (χ1v) is 7.89. The van der Waals surface area contributed by atoms with Crippen molar-refractivity contribution in [2.75, 3.05) is 56.6 Å². The monoisotopic (exact) mass is 343 g/mol. The molecule has 1 saturated heterocycles. The van der Waals surface area contributed by atoms with E-state index in [1.54, 1.807) is 6.33 Å². The highest BCUT2D eigenvalue weighted by atomic mass is 79.9. The molecule has 1 aromatic heterocycles. The number of anilines is 2. The molecule has 1 aliphatic heterocycles. The molecule has 0 saturated carbocycles. The van der Waals surface area contributed by atoms with E-state index in [2.05, 4.69) is 41.4 Å². The minimum absolute atomic E-state index is 0.832. The highest BCUT2D eigenvalue weighted by Crippen LogP contribution is 2.26. The van der Waals surface area contributed by atoms with Crippen LogP contribution in [0.5, 0.6) is 0 Å². The third-order valence-electron chi connectivity index (χ3n) is 3.18. The normalized spacial score (nSPS) is 16.1. The molecule has 0 spiro atoms. The Bertz CT molecular complexity index is 412. The van der Waals surface area contributed by atoms with Crippen molar-refractivity contribution in [3.05, 3.63) is 10.8 Å². The zero-order valence-electron chi connectivity index (χ0n) is 11.9. The lowest BCUT2D eigenvalue weighted by atomic mass is 10.3. The number of nitrogens with one attached hydrogen (secondary N) is 2. The van der Waals surface area contributed by atoms with Crippen LogP contribution in [-0.4, -0.2) is 60.8 Å². The van der Waals surface area contributed by atoms with Gasteiger partial charge in [0.25, 0.3) is 0 Å². The minimum Gasteiger partial charge on any atom is -0.379 e. The van der Waals surface area contributed by atoms with Crippen molar-refractivity contribution in [3.8, 4) is 0 Å². The van der Waals surface area contributed by atoms with Gasteiger partial charge in [-0.2, -0.15) is 0 Å². The molecule has 2 heterocycles. The lowest BCUT2D eigenvalue weighted by Gasteiger charge is -2.26.